The molecule has 4 atom stereocenters. The van der Waals surface area contributed by atoms with Crippen LogP contribution in [0.5, 0.6) is 5.75 Å². The molecule has 42 heavy (non-hydrogen) atoms. The van der Waals surface area contributed by atoms with Gasteiger partial charge in [0.25, 0.3) is 5.91 Å². The lowest BCUT2D eigenvalue weighted by Crippen LogP contribution is -2.43. The molecular weight excluding hydrogens is 574 g/mol. The highest BCUT2D eigenvalue weighted by molar-refractivity contribution is 7.92. The molecular formula is C32H40ClN3O5S. The fourth-order valence-corrected chi connectivity index (χ4v) is 7.80. The maximum Gasteiger partial charge on any atom is 0.286 e. The Morgan fingerprint density at radius 2 is 2.02 bits per heavy atom. The number of anilines is 1. The molecule has 0 saturated heterocycles. The summed E-state index contributed by atoms with van der Waals surface area (Å²) < 4.78 is 26.6. The van der Waals surface area contributed by atoms with Crippen LogP contribution in [0.4, 0.5) is 5.69 Å². The summed E-state index contributed by atoms with van der Waals surface area (Å²) in [4.78, 5) is 28.0. The third-order valence-corrected chi connectivity index (χ3v) is 10.6. The highest BCUT2D eigenvalue weighted by Gasteiger charge is 2.37. The van der Waals surface area contributed by atoms with Crippen molar-refractivity contribution in [1.29, 1.82) is 0 Å². The van der Waals surface area contributed by atoms with Crippen molar-refractivity contribution in [1.82, 2.24) is 4.72 Å². The second-order valence-corrected chi connectivity index (χ2v) is 14.0. The average molecular weight is 614 g/mol. The van der Waals surface area contributed by atoms with Gasteiger partial charge in [0.05, 0.1) is 24.2 Å². The standard InChI is InChI=1S/C32H40ClN3O5S/c1-2-31(38)34-42(40)17-7-3-4-9-29(37)27-14-11-25(27)21-36-20-24-10-13-26(33)18-22(24)8-5-6-16-41-30-15-12-23(19-28(30)36)32(39)35-42/h4,9-10,12-13,15,18-19,25,27,29,37H,2-3,5-8,11,14,16-17,20-21H2,1H3,(H,34,35,38,39,40)/b9-4+/t25-,27+,29-,42+/m0/s1. The first-order chi connectivity index (χ1) is 20.2. The van der Waals surface area contributed by atoms with Gasteiger partial charge in [0, 0.05) is 30.1 Å². The minimum absolute atomic E-state index is 0.0382. The molecule has 226 valence electrons. The van der Waals surface area contributed by atoms with Gasteiger partial charge in [-0.15, -0.1) is 4.36 Å². The number of allylic oxidation sites excluding steroid dienone is 1. The van der Waals surface area contributed by atoms with Crippen LogP contribution in [0.3, 0.4) is 0 Å². The molecule has 2 bridgehead atoms. The van der Waals surface area contributed by atoms with E-state index in [0.717, 1.165) is 43.4 Å². The van der Waals surface area contributed by atoms with Crippen LogP contribution in [0.1, 0.15) is 73.4 Å². The maximum atomic E-state index is 13.7. The molecule has 2 aliphatic heterocycles. The Morgan fingerprint density at radius 3 is 2.81 bits per heavy atom. The summed E-state index contributed by atoms with van der Waals surface area (Å²) in [6.07, 6.45) is 8.94. The van der Waals surface area contributed by atoms with E-state index in [9.17, 15) is 18.9 Å². The number of hydrogen-bond donors (Lipinski definition) is 2. The second kappa shape index (κ2) is 13.6. The van der Waals surface area contributed by atoms with Crippen LogP contribution in [-0.4, -0.2) is 46.1 Å². The van der Waals surface area contributed by atoms with E-state index in [0.29, 0.717) is 43.3 Å². The number of benzene rings is 2. The summed E-state index contributed by atoms with van der Waals surface area (Å²) in [5.74, 6) is 0.0262. The average Bonchev–Trinajstić information content (AvgIpc) is 2.97. The number of hydrogen-bond acceptors (Lipinski definition) is 6. The fourth-order valence-electron chi connectivity index (χ4n) is 5.94. The van der Waals surface area contributed by atoms with Gasteiger partial charge in [-0.05, 0) is 98.2 Å². The molecule has 2 N–H and O–H groups in total. The molecule has 0 spiro atoms. The first-order valence-corrected chi connectivity index (χ1v) is 17.0. The van der Waals surface area contributed by atoms with E-state index in [1.54, 1.807) is 25.1 Å². The monoisotopic (exact) mass is 613 g/mol. The van der Waals surface area contributed by atoms with Crippen LogP contribution in [0.2, 0.25) is 5.02 Å². The second-order valence-electron chi connectivity index (χ2n) is 11.5. The van der Waals surface area contributed by atoms with Crippen molar-refractivity contribution in [3.05, 3.63) is 70.3 Å². The lowest BCUT2D eigenvalue weighted by atomic mass is 9.70. The number of halogens is 1. The van der Waals surface area contributed by atoms with Crippen molar-refractivity contribution in [3.8, 4) is 5.75 Å². The van der Waals surface area contributed by atoms with E-state index in [4.69, 9.17) is 16.3 Å². The number of aryl methyl sites for hydroxylation is 1. The highest BCUT2D eigenvalue weighted by atomic mass is 35.5. The van der Waals surface area contributed by atoms with E-state index in [1.165, 1.54) is 5.56 Å². The number of nitrogens with one attached hydrogen (secondary N) is 1. The Labute approximate surface area is 253 Å². The fraction of sp³-hybridized carbons (Fsp3) is 0.500. The first-order valence-electron chi connectivity index (χ1n) is 15.0. The van der Waals surface area contributed by atoms with E-state index in [2.05, 4.69) is 20.1 Å². The molecule has 0 unspecified atom stereocenters. The van der Waals surface area contributed by atoms with Gasteiger partial charge in [0.15, 0.2) is 0 Å². The van der Waals surface area contributed by atoms with E-state index >= 15 is 0 Å². The Morgan fingerprint density at radius 1 is 1.17 bits per heavy atom. The summed E-state index contributed by atoms with van der Waals surface area (Å²) in [6, 6.07) is 11.2. The molecule has 8 nitrogen and oxygen atoms in total. The molecule has 2 heterocycles. The molecule has 1 saturated carbocycles. The molecule has 1 aliphatic carbocycles. The number of ether oxygens (including phenoxy) is 1. The van der Waals surface area contributed by atoms with Crippen molar-refractivity contribution >= 4 is 39.0 Å². The minimum atomic E-state index is -3.33. The van der Waals surface area contributed by atoms with Gasteiger partial charge in [-0.2, -0.15) is 0 Å². The summed E-state index contributed by atoms with van der Waals surface area (Å²) in [7, 11) is -3.33. The van der Waals surface area contributed by atoms with Gasteiger partial charge in [-0.3, -0.25) is 14.3 Å². The van der Waals surface area contributed by atoms with Crippen molar-refractivity contribution in [2.45, 2.75) is 70.9 Å². The van der Waals surface area contributed by atoms with Gasteiger partial charge in [0.2, 0.25) is 5.91 Å². The molecule has 5 rings (SSSR count). The van der Waals surface area contributed by atoms with Gasteiger partial charge in [0.1, 0.15) is 15.7 Å². The Balaban J connectivity index is 1.61. The van der Waals surface area contributed by atoms with Crippen LogP contribution in [0, 0.1) is 11.8 Å². The lowest BCUT2D eigenvalue weighted by molar-refractivity contribution is -0.118. The molecule has 2 aromatic carbocycles. The number of fused-ring (bicyclic) bond motifs is 3. The van der Waals surface area contributed by atoms with Crippen molar-refractivity contribution in [2.75, 3.05) is 23.8 Å². The first kappa shape index (κ1) is 30.6. The smallest absolute Gasteiger partial charge is 0.286 e. The van der Waals surface area contributed by atoms with Crippen LogP contribution >= 0.6 is 11.6 Å². The van der Waals surface area contributed by atoms with Crippen molar-refractivity contribution < 1.29 is 23.6 Å². The lowest BCUT2D eigenvalue weighted by Gasteiger charge is -2.42. The zero-order valence-electron chi connectivity index (χ0n) is 24.1. The Hall–Kier alpha value is -2.88. The summed E-state index contributed by atoms with van der Waals surface area (Å²) in [5, 5.41) is 11.8. The Bertz CT molecular complexity index is 1470. The van der Waals surface area contributed by atoms with Gasteiger partial charge >= 0.3 is 0 Å². The number of rotatable bonds is 2. The zero-order valence-corrected chi connectivity index (χ0v) is 25.7. The van der Waals surface area contributed by atoms with E-state index < -0.39 is 27.8 Å². The zero-order chi connectivity index (χ0) is 29.7. The molecule has 0 radical (unpaired) electrons. The third-order valence-electron chi connectivity index (χ3n) is 8.49. The third kappa shape index (κ3) is 7.36. The molecule has 2 aromatic rings. The van der Waals surface area contributed by atoms with Crippen LogP contribution in [0.15, 0.2) is 52.9 Å². The highest BCUT2D eigenvalue weighted by Crippen LogP contribution is 2.41. The largest absolute Gasteiger partial charge is 0.491 e. The summed E-state index contributed by atoms with van der Waals surface area (Å²) in [5.41, 5.74) is 3.39. The number of aliphatic hydroxyl groups is 1. The van der Waals surface area contributed by atoms with Crippen LogP contribution in [-0.2, 0) is 27.7 Å². The Kier molecular flexibility index (Phi) is 9.91. The molecule has 0 aromatic heterocycles. The number of aliphatic hydroxyl groups excluding tert-OH is 1. The predicted molar refractivity (Wildman–Crippen MR) is 166 cm³/mol. The van der Waals surface area contributed by atoms with Crippen LogP contribution in [0.25, 0.3) is 0 Å². The number of amides is 2. The quantitative estimate of drug-likeness (QED) is 0.412. The molecule has 2 amide bonds. The molecule has 1 fully saturated rings. The summed E-state index contributed by atoms with van der Waals surface area (Å²) >= 11 is 6.39. The normalized spacial score (nSPS) is 27.5. The van der Waals surface area contributed by atoms with Gasteiger partial charge in [-0.25, -0.2) is 4.21 Å². The van der Waals surface area contributed by atoms with Crippen molar-refractivity contribution in [2.24, 2.45) is 16.2 Å². The maximum absolute atomic E-state index is 13.7. The summed E-state index contributed by atoms with van der Waals surface area (Å²) in [6.45, 7) is 3.44. The van der Waals surface area contributed by atoms with E-state index in [-0.39, 0.29) is 29.6 Å². The molecule has 10 heteroatoms. The topological polar surface area (TPSA) is 108 Å². The number of carbonyl (C=O) groups excluding carboxylic acids is 2. The van der Waals surface area contributed by atoms with Crippen LogP contribution < -0.4 is 14.4 Å². The predicted octanol–water partition coefficient (Wildman–Crippen LogP) is 5.85. The number of nitrogens with zero attached hydrogens (tertiary/aromatic N) is 2. The number of carbonyl (C=O) groups is 2. The minimum Gasteiger partial charge on any atom is -0.491 e. The van der Waals surface area contributed by atoms with Gasteiger partial charge in [-0.1, -0.05) is 36.7 Å². The molecule has 3 aliphatic rings. The van der Waals surface area contributed by atoms with Crippen molar-refractivity contribution in [3.63, 3.8) is 0 Å². The SMILES string of the molecule is CCC(=O)N[S@@]1(=O)=NC(=O)c2ccc3c(c2)N(Cc2ccc(Cl)cc2CCCCO3)C[C@@H]2CC[C@H]2[C@@H](O)/C=C/CCC1. The van der Waals surface area contributed by atoms with E-state index in [1.807, 2.05) is 24.3 Å². The van der Waals surface area contributed by atoms with Gasteiger partial charge < -0.3 is 14.7 Å².